The van der Waals surface area contributed by atoms with Gasteiger partial charge in [0.05, 0.1) is 7.11 Å². The van der Waals surface area contributed by atoms with Crippen LogP contribution in [0.15, 0.2) is 18.2 Å². The molecule has 1 aromatic carbocycles. The Labute approximate surface area is 112 Å². The molecule has 0 amide bonds. The van der Waals surface area contributed by atoms with Gasteiger partial charge < -0.3 is 4.74 Å². The lowest BCUT2D eigenvalue weighted by Gasteiger charge is -2.15. The summed E-state index contributed by atoms with van der Waals surface area (Å²) in [7, 11) is 1.73. The van der Waals surface area contributed by atoms with Crippen LogP contribution in [0.25, 0.3) is 0 Å². The fourth-order valence-corrected chi connectivity index (χ4v) is 4.90. The van der Waals surface area contributed by atoms with Crippen LogP contribution in [0.2, 0.25) is 0 Å². The molecule has 2 fully saturated rings. The number of fused-ring (bicyclic) bond motifs is 1. The fraction of sp³-hybridized carbons (Fsp3) is 0.600. The summed E-state index contributed by atoms with van der Waals surface area (Å²) in [4.78, 5) is 0.545. The number of benzene rings is 1. The number of rotatable bonds is 3. The zero-order chi connectivity index (χ0) is 12.0. The SMILES string of the molecule is COc1ccc(C(Br)C2C3CCCC32)c(C)c1. The predicted molar refractivity (Wildman–Crippen MR) is 73.7 cm³/mol. The van der Waals surface area contributed by atoms with Crippen LogP contribution >= 0.6 is 15.9 Å². The minimum Gasteiger partial charge on any atom is -0.497 e. The van der Waals surface area contributed by atoms with Crippen LogP contribution in [0.5, 0.6) is 5.75 Å². The summed E-state index contributed by atoms with van der Waals surface area (Å²) in [6.07, 6.45) is 4.35. The molecular weight excluding hydrogens is 276 g/mol. The molecule has 3 atom stereocenters. The van der Waals surface area contributed by atoms with E-state index >= 15 is 0 Å². The molecule has 0 N–H and O–H groups in total. The van der Waals surface area contributed by atoms with Crippen molar-refractivity contribution in [3.63, 3.8) is 0 Å². The van der Waals surface area contributed by atoms with Crippen LogP contribution in [-0.4, -0.2) is 7.11 Å². The van der Waals surface area contributed by atoms with Gasteiger partial charge in [-0.3, -0.25) is 0 Å². The maximum absolute atomic E-state index is 5.27. The van der Waals surface area contributed by atoms with Gasteiger partial charge in [0, 0.05) is 4.83 Å². The highest BCUT2D eigenvalue weighted by Crippen LogP contribution is 2.64. The maximum atomic E-state index is 5.27. The number of methoxy groups -OCH3 is 1. The molecule has 2 aliphatic carbocycles. The molecule has 17 heavy (non-hydrogen) atoms. The van der Waals surface area contributed by atoms with Crippen molar-refractivity contribution in [2.45, 2.75) is 31.0 Å². The first-order chi connectivity index (χ1) is 8.22. The molecule has 0 aliphatic heterocycles. The van der Waals surface area contributed by atoms with Gasteiger partial charge in [-0.25, -0.2) is 0 Å². The van der Waals surface area contributed by atoms with Gasteiger partial charge in [-0.05, 0) is 60.8 Å². The average Bonchev–Trinajstić information content (AvgIpc) is 2.81. The highest BCUT2D eigenvalue weighted by Gasteiger charge is 2.55. The van der Waals surface area contributed by atoms with E-state index in [0.717, 1.165) is 23.5 Å². The van der Waals surface area contributed by atoms with E-state index in [2.05, 4.69) is 41.1 Å². The van der Waals surface area contributed by atoms with Crippen molar-refractivity contribution in [2.75, 3.05) is 7.11 Å². The van der Waals surface area contributed by atoms with Crippen LogP contribution in [0.4, 0.5) is 0 Å². The monoisotopic (exact) mass is 294 g/mol. The highest BCUT2D eigenvalue weighted by molar-refractivity contribution is 9.09. The number of ether oxygens (including phenoxy) is 1. The first-order valence-electron chi connectivity index (χ1n) is 6.51. The lowest BCUT2D eigenvalue weighted by Crippen LogP contribution is -2.00. The molecule has 0 saturated heterocycles. The molecule has 1 nitrogen and oxygen atoms in total. The molecule has 0 radical (unpaired) electrons. The maximum Gasteiger partial charge on any atom is 0.119 e. The van der Waals surface area contributed by atoms with Gasteiger partial charge in [0.25, 0.3) is 0 Å². The van der Waals surface area contributed by atoms with E-state index in [9.17, 15) is 0 Å². The smallest absolute Gasteiger partial charge is 0.119 e. The van der Waals surface area contributed by atoms with Crippen molar-refractivity contribution < 1.29 is 4.74 Å². The lowest BCUT2D eigenvalue weighted by molar-refractivity contribution is 0.414. The van der Waals surface area contributed by atoms with E-state index in [1.807, 2.05) is 0 Å². The van der Waals surface area contributed by atoms with E-state index in [1.165, 1.54) is 30.4 Å². The molecule has 3 rings (SSSR count). The van der Waals surface area contributed by atoms with Crippen molar-refractivity contribution in [1.29, 1.82) is 0 Å². The summed E-state index contributed by atoms with van der Waals surface area (Å²) >= 11 is 3.92. The average molecular weight is 295 g/mol. The Morgan fingerprint density at radius 2 is 2.00 bits per heavy atom. The quantitative estimate of drug-likeness (QED) is 0.747. The Morgan fingerprint density at radius 3 is 2.59 bits per heavy atom. The number of hydrogen-bond acceptors (Lipinski definition) is 1. The van der Waals surface area contributed by atoms with Crippen molar-refractivity contribution in [3.8, 4) is 5.75 Å². The molecule has 2 saturated carbocycles. The second kappa shape index (κ2) is 4.31. The molecule has 1 aromatic rings. The Morgan fingerprint density at radius 1 is 1.29 bits per heavy atom. The van der Waals surface area contributed by atoms with E-state index in [4.69, 9.17) is 4.74 Å². The van der Waals surface area contributed by atoms with E-state index < -0.39 is 0 Å². The Hall–Kier alpha value is -0.500. The standard InChI is InChI=1S/C15H19BrO/c1-9-8-10(17-2)6-7-11(9)15(16)14-12-4-3-5-13(12)14/h6-8,12-15H,3-5H2,1-2H3. The summed E-state index contributed by atoms with van der Waals surface area (Å²) < 4.78 is 5.27. The topological polar surface area (TPSA) is 9.23 Å². The normalized spacial score (nSPS) is 32.1. The summed E-state index contributed by atoms with van der Waals surface area (Å²) in [5.41, 5.74) is 2.79. The number of hydrogen-bond donors (Lipinski definition) is 0. The molecule has 92 valence electrons. The first-order valence-corrected chi connectivity index (χ1v) is 7.42. The van der Waals surface area contributed by atoms with Crippen molar-refractivity contribution in [3.05, 3.63) is 29.3 Å². The Bertz CT molecular complexity index is 419. The lowest BCUT2D eigenvalue weighted by atomic mass is 9.99. The molecule has 0 bridgehead atoms. The first kappa shape index (κ1) is 11.6. The minimum absolute atomic E-state index is 0.545. The van der Waals surface area contributed by atoms with E-state index in [0.29, 0.717) is 4.83 Å². The summed E-state index contributed by atoms with van der Waals surface area (Å²) in [5, 5.41) is 0. The minimum atomic E-state index is 0.545. The van der Waals surface area contributed by atoms with Gasteiger partial charge in [-0.2, -0.15) is 0 Å². The number of alkyl halides is 1. The second-order valence-electron chi connectivity index (χ2n) is 5.46. The molecule has 3 unspecified atom stereocenters. The van der Waals surface area contributed by atoms with Crippen molar-refractivity contribution >= 4 is 15.9 Å². The van der Waals surface area contributed by atoms with Crippen LogP contribution in [0.3, 0.4) is 0 Å². The van der Waals surface area contributed by atoms with Gasteiger partial charge >= 0.3 is 0 Å². The zero-order valence-corrected chi connectivity index (χ0v) is 12.0. The fourth-order valence-electron chi connectivity index (χ4n) is 3.60. The molecule has 2 aliphatic rings. The van der Waals surface area contributed by atoms with Crippen molar-refractivity contribution in [1.82, 2.24) is 0 Å². The zero-order valence-electron chi connectivity index (χ0n) is 10.4. The van der Waals surface area contributed by atoms with E-state index in [1.54, 1.807) is 7.11 Å². The molecule has 0 spiro atoms. The number of halogens is 1. The van der Waals surface area contributed by atoms with Gasteiger partial charge in [-0.1, -0.05) is 28.4 Å². The highest BCUT2D eigenvalue weighted by atomic mass is 79.9. The van der Waals surface area contributed by atoms with Crippen LogP contribution in [0.1, 0.15) is 35.2 Å². The van der Waals surface area contributed by atoms with E-state index in [-0.39, 0.29) is 0 Å². The van der Waals surface area contributed by atoms with Crippen molar-refractivity contribution in [2.24, 2.45) is 17.8 Å². The Balaban J connectivity index is 1.80. The molecular formula is C15H19BrO. The molecule has 0 aromatic heterocycles. The second-order valence-corrected chi connectivity index (χ2v) is 6.45. The third-order valence-electron chi connectivity index (χ3n) is 4.58. The van der Waals surface area contributed by atoms with Gasteiger partial charge in [0.15, 0.2) is 0 Å². The summed E-state index contributed by atoms with van der Waals surface area (Å²) in [5.74, 6) is 3.85. The van der Waals surface area contributed by atoms with Gasteiger partial charge in [0.2, 0.25) is 0 Å². The predicted octanol–water partition coefficient (Wildman–Crippen LogP) is 4.49. The van der Waals surface area contributed by atoms with Crippen LogP contribution in [0, 0.1) is 24.7 Å². The molecule has 2 heteroatoms. The van der Waals surface area contributed by atoms with Gasteiger partial charge in [-0.15, -0.1) is 0 Å². The summed E-state index contributed by atoms with van der Waals surface area (Å²) in [6, 6.07) is 6.44. The largest absolute Gasteiger partial charge is 0.497 e. The Kier molecular flexibility index (Phi) is 2.94. The third kappa shape index (κ3) is 1.91. The van der Waals surface area contributed by atoms with Gasteiger partial charge in [0.1, 0.15) is 5.75 Å². The van der Waals surface area contributed by atoms with Crippen LogP contribution in [-0.2, 0) is 0 Å². The summed E-state index contributed by atoms with van der Waals surface area (Å²) in [6.45, 7) is 2.18. The number of aryl methyl sites for hydroxylation is 1. The third-order valence-corrected chi connectivity index (χ3v) is 5.69. The van der Waals surface area contributed by atoms with Crippen LogP contribution < -0.4 is 4.74 Å². The molecule has 0 heterocycles.